The van der Waals surface area contributed by atoms with Crippen LogP contribution in [-0.4, -0.2) is 74.7 Å². The molecule has 0 bridgehead atoms. The number of carbonyl (C=O) groups excluding carboxylic acids is 4. The van der Waals surface area contributed by atoms with Crippen LogP contribution in [0.5, 0.6) is 0 Å². The summed E-state index contributed by atoms with van der Waals surface area (Å²) in [5.41, 5.74) is 0. The van der Waals surface area contributed by atoms with Crippen LogP contribution in [0.25, 0.3) is 0 Å². The van der Waals surface area contributed by atoms with Crippen molar-refractivity contribution in [2.75, 3.05) is 26.7 Å². The van der Waals surface area contributed by atoms with Gasteiger partial charge in [0.2, 0.25) is 11.8 Å². The second-order valence-electron chi connectivity index (χ2n) is 6.82. The van der Waals surface area contributed by atoms with Crippen LogP contribution in [0.4, 0.5) is 26.3 Å². The zero-order valence-electron chi connectivity index (χ0n) is 17.5. The Morgan fingerprint density at radius 2 is 1.25 bits per heavy atom. The topological polar surface area (TPSA) is 128 Å². The van der Waals surface area contributed by atoms with E-state index >= 15 is 0 Å². The van der Waals surface area contributed by atoms with Gasteiger partial charge >= 0.3 is 24.2 Å². The van der Waals surface area contributed by atoms with E-state index in [9.17, 15) is 45.5 Å². The predicted molar refractivity (Wildman–Crippen MR) is 100 cm³/mol. The Kier molecular flexibility index (Phi) is 12.6. The second-order valence-corrected chi connectivity index (χ2v) is 6.82. The molecular formula is C17H27F6N5O4. The van der Waals surface area contributed by atoms with Gasteiger partial charge in [-0.1, -0.05) is 0 Å². The highest BCUT2D eigenvalue weighted by molar-refractivity contribution is 5.87. The molecule has 0 aliphatic carbocycles. The summed E-state index contributed by atoms with van der Waals surface area (Å²) in [5.74, 6) is -5.25. The third kappa shape index (κ3) is 13.0. The number of carbonyl (C=O) groups is 4. The van der Waals surface area contributed by atoms with Gasteiger partial charge in [-0.3, -0.25) is 19.2 Å². The maximum Gasteiger partial charge on any atom is 0.471 e. The SMILES string of the molecule is CNC(CCCNC(=O)C(F)(F)F)C(=O)NCC(=O)NC(C)CCCNC(=O)C(F)(F)F. The van der Waals surface area contributed by atoms with Crippen LogP contribution in [-0.2, 0) is 19.2 Å². The van der Waals surface area contributed by atoms with Crippen LogP contribution in [0, 0.1) is 0 Å². The molecule has 186 valence electrons. The van der Waals surface area contributed by atoms with Gasteiger partial charge in [-0.2, -0.15) is 26.3 Å². The Hall–Kier alpha value is -2.58. The van der Waals surface area contributed by atoms with Crippen molar-refractivity contribution < 1.29 is 45.5 Å². The Balaban J connectivity index is 4.11. The summed E-state index contributed by atoms with van der Waals surface area (Å²) in [7, 11) is 1.44. The zero-order chi connectivity index (χ0) is 24.9. The van der Waals surface area contributed by atoms with Crippen LogP contribution in [0.2, 0.25) is 0 Å². The van der Waals surface area contributed by atoms with E-state index in [1.807, 2.05) is 0 Å². The molecule has 15 heteroatoms. The largest absolute Gasteiger partial charge is 0.471 e. The van der Waals surface area contributed by atoms with E-state index in [4.69, 9.17) is 0 Å². The summed E-state index contributed by atoms with van der Waals surface area (Å²) in [6, 6.07) is -1.24. The Morgan fingerprint density at radius 3 is 1.69 bits per heavy atom. The lowest BCUT2D eigenvalue weighted by Crippen LogP contribution is -2.47. The van der Waals surface area contributed by atoms with Crippen molar-refractivity contribution in [3.8, 4) is 0 Å². The smallest absolute Gasteiger partial charge is 0.352 e. The Morgan fingerprint density at radius 1 is 0.781 bits per heavy atom. The van der Waals surface area contributed by atoms with Gasteiger partial charge < -0.3 is 26.6 Å². The minimum absolute atomic E-state index is 0.0782. The average molecular weight is 479 g/mol. The van der Waals surface area contributed by atoms with Crippen molar-refractivity contribution in [1.82, 2.24) is 26.6 Å². The fourth-order valence-corrected chi connectivity index (χ4v) is 2.41. The number of nitrogens with one attached hydrogen (secondary N) is 5. The first-order valence-electron chi connectivity index (χ1n) is 9.62. The minimum Gasteiger partial charge on any atom is -0.352 e. The maximum absolute atomic E-state index is 12.1. The molecule has 0 rings (SSSR count). The molecule has 32 heavy (non-hydrogen) atoms. The molecule has 2 unspecified atom stereocenters. The number of amides is 4. The fraction of sp³-hybridized carbons (Fsp3) is 0.765. The number of halogens is 6. The molecule has 0 aromatic carbocycles. The first kappa shape index (κ1) is 29.4. The van der Waals surface area contributed by atoms with Gasteiger partial charge in [-0.25, -0.2) is 0 Å². The second kappa shape index (κ2) is 13.8. The van der Waals surface area contributed by atoms with Gasteiger partial charge in [0.15, 0.2) is 0 Å². The monoisotopic (exact) mass is 479 g/mol. The quantitative estimate of drug-likeness (QED) is 0.189. The lowest BCUT2D eigenvalue weighted by Gasteiger charge is -2.18. The predicted octanol–water partition coefficient (Wildman–Crippen LogP) is 0.113. The van der Waals surface area contributed by atoms with Crippen molar-refractivity contribution in [3.63, 3.8) is 0 Å². The molecule has 2 atom stereocenters. The van der Waals surface area contributed by atoms with Crippen LogP contribution in [0.1, 0.15) is 32.6 Å². The van der Waals surface area contributed by atoms with Crippen LogP contribution in [0.15, 0.2) is 0 Å². The summed E-state index contributed by atoms with van der Waals surface area (Å²) in [4.78, 5) is 45.3. The summed E-state index contributed by atoms with van der Waals surface area (Å²) >= 11 is 0. The molecule has 0 fully saturated rings. The number of hydrogen-bond acceptors (Lipinski definition) is 5. The molecule has 0 saturated carbocycles. The van der Waals surface area contributed by atoms with Gasteiger partial charge in [-0.05, 0) is 39.7 Å². The summed E-state index contributed by atoms with van der Waals surface area (Å²) in [6.07, 6.45) is -9.30. The van der Waals surface area contributed by atoms with Crippen molar-refractivity contribution in [2.24, 2.45) is 0 Å². The van der Waals surface area contributed by atoms with E-state index in [0.717, 1.165) is 0 Å². The van der Waals surface area contributed by atoms with E-state index in [-0.39, 0.29) is 38.8 Å². The minimum atomic E-state index is -4.98. The first-order chi connectivity index (χ1) is 14.7. The molecule has 5 N–H and O–H groups in total. The van der Waals surface area contributed by atoms with Crippen molar-refractivity contribution in [1.29, 1.82) is 0 Å². The third-order valence-electron chi connectivity index (χ3n) is 4.07. The van der Waals surface area contributed by atoms with E-state index in [0.29, 0.717) is 0 Å². The third-order valence-corrected chi connectivity index (χ3v) is 4.07. The highest BCUT2D eigenvalue weighted by Crippen LogP contribution is 2.14. The maximum atomic E-state index is 12.1. The normalized spacial score (nSPS) is 13.6. The van der Waals surface area contributed by atoms with Crippen molar-refractivity contribution in [2.45, 2.75) is 57.0 Å². The fourth-order valence-electron chi connectivity index (χ4n) is 2.41. The Labute approximate surface area is 180 Å². The van der Waals surface area contributed by atoms with Gasteiger partial charge in [0.05, 0.1) is 12.6 Å². The van der Waals surface area contributed by atoms with Crippen LogP contribution in [0.3, 0.4) is 0 Å². The number of alkyl halides is 6. The molecule has 0 saturated heterocycles. The molecule has 0 radical (unpaired) electrons. The van der Waals surface area contributed by atoms with E-state index < -0.39 is 54.6 Å². The van der Waals surface area contributed by atoms with Gasteiger partial charge in [0, 0.05) is 19.1 Å². The molecule has 0 aromatic heterocycles. The molecule has 0 spiro atoms. The molecule has 0 aliphatic heterocycles. The van der Waals surface area contributed by atoms with Gasteiger partial charge in [0.1, 0.15) is 0 Å². The highest BCUT2D eigenvalue weighted by atomic mass is 19.4. The highest BCUT2D eigenvalue weighted by Gasteiger charge is 2.38. The summed E-state index contributed by atoms with van der Waals surface area (Å²) in [6.45, 7) is 0.696. The summed E-state index contributed by atoms with van der Waals surface area (Å²) < 4.78 is 72.3. The van der Waals surface area contributed by atoms with E-state index in [1.54, 1.807) is 17.6 Å². The molecule has 9 nitrogen and oxygen atoms in total. The van der Waals surface area contributed by atoms with Crippen molar-refractivity contribution in [3.05, 3.63) is 0 Å². The number of likely N-dealkylation sites (N-methyl/N-ethyl adjacent to an activating group) is 1. The molecule has 0 aromatic rings. The van der Waals surface area contributed by atoms with Gasteiger partial charge in [0.25, 0.3) is 0 Å². The lowest BCUT2D eigenvalue weighted by molar-refractivity contribution is -0.173. The molecule has 0 aliphatic rings. The summed E-state index contributed by atoms with van der Waals surface area (Å²) in [5, 5.41) is 10.9. The number of hydrogen-bond donors (Lipinski definition) is 5. The molecule has 0 heterocycles. The molecular weight excluding hydrogens is 452 g/mol. The first-order valence-corrected chi connectivity index (χ1v) is 9.62. The van der Waals surface area contributed by atoms with E-state index in [2.05, 4.69) is 16.0 Å². The van der Waals surface area contributed by atoms with E-state index in [1.165, 1.54) is 7.05 Å². The lowest BCUT2D eigenvalue weighted by atomic mass is 10.1. The standard InChI is InChI=1S/C17H27F6N5O4/c1-10(5-3-7-25-14(31)16(18,19)20)28-12(29)9-27-13(30)11(24-2)6-4-8-26-15(32)17(21,22)23/h10-11,24H,3-9H2,1-2H3,(H,25,31)(H,26,32)(H,27,30)(H,28,29). The zero-order valence-corrected chi connectivity index (χ0v) is 17.5. The van der Waals surface area contributed by atoms with Crippen LogP contribution < -0.4 is 26.6 Å². The van der Waals surface area contributed by atoms with Crippen LogP contribution >= 0.6 is 0 Å². The number of rotatable bonds is 13. The average Bonchev–Trinajstić information content (AvgIpc) is 2.67. The van der Waals surface area contributed by atoms with Crippen molar-refractivity contribution >= 4 is 23.6 Å². The van der Waals surface area contributed by atoms with Gasteiger partial charge in [-0.15, -0.1) is 0 Å². The Bertz CT molecular complexity index is 642. The molecule has 4 amide bonds.